The third-order valence-corrected chi connectivity index (χ3v) is 10.9. The predicted molar refractivity (Wildman–Crippen MR) is 229 cm³/mol. The van der Waals surface area contributed by atoms with E-state index < -0.39 is 0 Å². The van der Waals surface area contributed by atoms with Gasteiger partial charge in [-0.3, -0.25) is 0 Å². The molecule has 0 spiro atoms. The van der Waals surface area contributed by atoms with Crippen LogP contribution in [0.2, 0.25) is 0 Å². The molecule has 0 aliphatic rings. The highest BCUT2D eigenvalue weighted by atomic mass is 16.3. The maximum atomic E-state index is 6.77. The van der Waals surface area contributed by atoms with Crippen molar-refractivity contribution in [3.05, 3.63) is 200 Å². The third kappa shape index (κ3) is 5.20. The SMILES string of the molecule is c1ccc(-c2ccc(N(c3ccc(-c4cccc5c4oc4ccccc45)cc3)c3cc(-c4ccccc4)cc4oc5ccc6ccccc6c5c34)cc2)cc1. The Morgan fingerprint density at radius 1 is 0.327 bits per heavy atom. The molecule has 0 bridgehead atoms. The number of hydrogen-bond acceptors (Lipinski definition) is 3. The summed E-state index contributed by atoms with van der Waals surface area (Å²) in [6.07, 6.45) is 0. The van der Waals surface area contributed by atoms with E-state index in [1.54, 1.807) is 0 Å². The molecule has 9 aromatic carbocycles. The first-order valence-electron chi connectivity index (χ1n) is 18.7. The van der Waals surface area contributed by atoms with Gasteiger partial charge in [-0.1, -0.05) is 152 Å². The van der Waals surface area contributed by atoms with Gasteiger partial charge in [0.2, 0.25) is 0 Å². The van der Waals surface area contributed by atoms with Crippen LogP contribution in [0.15, 0.2) is 209 Å². The highest BCUT2D eigenvalue weighted by Crippen LogP contribution is 2.47. The van der Waals surface area contributed by atoms with Gasteiger partial charge in [0.25, 0.3) is 0 Å². The van der Waals surface area contributed by atoms with Crippen LogP contribution in [0.4, 0.5) is 17.1 Å². The number of nitrogens with zero attached hydrogens (tertiary/aromatic N) is 1. The number of furan rings is 2. The zero-order valence-electron chi connectivity index (χ0n) is 29.8. The molecule has 0 saturated carbocycles. The summed E-state index contributed by atoms with van der Waals surface area (Å²) in [6.45, 7) is 0. The van der Waals surface area contributed by atoms with Crippen molar-refractivity contribution < 1.29 is 8.83 Å². The number of fused-ring (bicyclic) bond motifs is 8. The quantitative estimate of drug-likeness (QED) is 0.173. The normalized spacial score (nSPS) is 11.6. The summed E-state index contributed by atoms with van der Waals surface area (Å²) in [4.78, 5) is 2.38. The van der Waals surface area contributed by atoms with Crippen LogP contribution < -0.4 is 4.90 Å². The van der Waals surface area contributed by atoms with Gasteiger partial charge in [-0.2, -0.15) is 0 Å². The summed E-state index contributed by atoms with van der Waals surface area (Å²) >= 11 is 0. The van der Waals surface area contributed by atoms with Crippen LogP contribution in [0.5, 0.6) is 0 Å². The van der Waals surface area contributed by atoms with Crippen molar-refractivity contribution >= 4 is 71.7 Å². The minimum Gasteiger partial charge on any atom is -0.456 e. The summed E-state index contributed by atoms with van der Waals surface area (Å²) < 4.78 is 13.2. The number of rotatable bonds is 6. The van der Waals surface area contributed by atoms with Gasteiger partial charge in [0.15, 0.2) is 0 Å². The van der Waals surface area contributed by atoms with Crippen molar-refractivity contribution in [1.82, 2.24) is 0 Å². The van der Waals surface area contributed by atoms with E-state index in [4.69, 9.17) is 8.83 Å². The minimum atomic E-state index is 0.849. The molecule has 0 fully saturated rings. The lowest BCUT2D eigenvalue weighted by molar-refractivity contribution is 0.669. The van der Waals surface area contributed by atoms with Crippen molar-refractivity contribution in [2.45, 2.75) is 0 Å². The van der Waals surface area contributed by atoms with Crippen molar-refractivity contribution in [3.8, 4) is 33.4 Å². The third-order valence-electron chi connectivity index (χ3n) is 10.9. The molecule has 0 aliphatic carbocycles. The van der Waals surface area contributed by atoms with Crippen molar-refractivity contribution in [3.63, 3.8) is 0 Å². The number of para-hydroxylation sites is 2. The van der Waals surface area contributed by atoms with Gasteiger partial charge in [0.1, 0.15) is 22.3 Å². The van der Waals surface area contributed by atoms with Crippen molar-refractivity contribution in [2.75, 3.05) is 4.90 Å². The van der Waals surface area contributed by atoms with Gasteiger partial charge < -0.3 is 13.7 Å². The Morgan fingerprint density at radius 2 is 0.927 bits per heavy atom. The molecule has 0 atom stereocenters. The summed E-state index contributed by atoms with van der Waals surface area (Å²) in [5, 5.41) is 6.79. The lowest BCUT2D eigenvalue weighted by Gasteiger charge is -2.27. The van der Waals surface area contributed by atoms with E-state index in [0.29, 0.717) is 0 Å². The molecule has 11 rings (SSSR count). The first kappa shape index (κ1) is 31.2. The first-order valence-corrected chi connectivity index (χ1v) is 18.7. The van der Waals surface area contributed by atoms with Gasteiger partial charge in [-0.05, 0) is 87.1 Å². The molecule has 0 amide bonds. The fraction of sp³-hybridized carbons (Fsp3) is 0. The van der Waals surface area contributed by atoms with Gasteiger partial charge in [-0.25, -0.2) is 0 Å². The Balaban J connectivity index is 1.16. The monoisotopic (exact) mass is 703 g/mol. The highest BCUT2D eigenvalue weighted by molar-refractivity contribution is 6.24. The number of anilines is 3. The van der Waals surface area contributed by atoms with Crippen LogP contribution >= 0.6 is 0 Å². The predicted octanol–water partition coefficient (Wildman–Crippen LogP) is 15.1. The second-order valence-corrected chi connectivity index (χ2v) is 14.1. The van der Waals surface area contributed by atoms with Crippen LogP contribution in [0.3, 0.4) is 0 Å². The van der Waals surface area contributed by atoms with E-state index in [2.05, 4.69) is 193 Å². The maximum Gasteiger partial charge on any atom is 0.143 e. The molecule has 55 heavy (non-hydrogen) atoms. The van der Waals surface area contributed by atoms with Crippen LogP contribution in [-0.4, -0.2) is 0 Å². The van der Waals surface area contributed by atoms with E-state index in [-0.39, 0.29) is 0 Å². The molecule has 3 nitrogen and oxygen atoms in total. The second-order valence-electron chi connectivity index (χ2n) is 14.1. The van der Waals surface area contributed by atoms with E-state index in [9.17, 15) is 0 Å². The van der Waals surface area contributed by atoms with Crippen LogP contribution in [0.1, 0.15) is 0 Å². The Labute approximate surface area is 317 Å². The van der Waals surface area contributed by atoms with Crippen molar-refractivity contribution in [2.24, 2.45) is 0 Å². The molecule has 0 saturated heterocycles. The molecular formula is C52H33NO2. The molecular weight excluding hydrogens is 671 g/mol. The summed E-state index contributed by atoms with van der Waals surface area (Å²) in [6, 6.07) is 70.9. The van der Waals surface area contributed by atoms with E-state index in [1.807, 2.05) is 12.1 Å². The molecule has 258 valence electrons. The number of hydrogen-bond donors (Lipinski definition) is 0. The van der Waals surface area contributed by atoms with E-state index in [0.717, 1.165) is 83.2 Å². The maximum absolute atomic E-state index is 6.77. The zero-order chi connectivity index (χ0) is 36.3. The lowest BCUT2D eigenvalue weighted by atomic mass is 9.97. The lowest BCUT2D eigenvalue weighted by Crippen LogP contribution is -2.10. The molecule has 3 heteroatoms. The van der Waals surface area contributed by atoms with Gasteiger partial charge in [0, 0.05) is 33.1 Å². The first-order chi connectivity index (χ1) is 27.3. The summed E-state index contributed by atoms with van der Waals surface area (Å²) in [7, 11) is 0. The second kappa shape index (κ2) is 12.6. The average Bonchev–Trinajstić information content (AvgIpc) is 3.84. The van der Waals surface area contributed by atoms with Crippen molar-refractivity contribution in [1.29, 1.82) is 0 Å². The molecule has 0 aliphatic heterocycles. The highest BCUT2D eigenvalue weighted by Gasteiger charge is 2.23. The molecule has 2 aromatic heterocycles. The Hall–Kier alpha value is -7.36. The minimum absolute atomic E-state index is 0.849. The zero-order valence-corrected chi connectivity index (χ0v) is 29.8. The summed E-state index contributed by atoms with van der Waals surface area (Å²) in [5.41, 5.74) is 13.4. The smallest absolute Gasteiger partial charge is 0.143 e. The molecule has 2 heterocycles. The Kier molecular flexibility index (Phi) is 7.17. The van der Waals surface area contributed by atoms with Gasteiger partial charge in [-0.15, -0.1) is 0 Å². The molecule has 0 radical (unpaired) electrons. The number of benzene rings is 9. The largest absolute Gasteiger partial charge is 0.456 e. The molecule has 0 unspecified atom stereocenters. The van der Waals surface area contributed by atoms with Crippen LogP contribution in [0, 0.1) is 0 Å². The summed E-state index contributed by atoms with van der Waals surface area (Å²) in [5.74, 6) is 0. The Bertz CT molecular complexity index is 3180. The van der Waals surface area contributed by atoms with Crippen LogP contribution in [-0.2, 0) is 0 Å². The fourth-order valence-corrected chi connectivity index (χ4v) is 8.24. The van der Waals surface area contributed by atoms with Crippen LogP contribution in [0.25, 0.3) is 88.0 Å². The fourth-order valence-electron chi connectivity index (χ4n) is 8.24. The molecule has 11 aromatic rings. The molecule has 0 N–H and O–H groups in total. The Morgan fingerprint density at radius 3 is 1.67 bits per heavy atom. The van der Waals surface area contributed by atoms with E-state index >= 15 is 0 Å². The van der Waals surface area contributed by atoms with E-state index in [1.165, 1.54) is 21.9 Å². The topological polar surface area (TPSA) is 29.5 Å². The van der Waals surface area contributed by atoms with Gasteiger partial charge in [0.05, 0.1) is 11.1 Å². The average molecular weight is 704 g/mol. The standard InChI is InChI=1S/C52H33NO2/c1-3-12-34(13-4-1)36-22-27-40(28-23-36)53(41-29-24-38(25-30-41)43-19-11-20-45-44-18-9-10-21-47(44)55-52(43)45)46-32-39(35-14-5-2-6-15-35)33-49-51(46)50-42-17-8-7-16-37(42)26-31-48(50)54-49/h1-33H. The van der Waals surface area contributed by atoms with Gasteiger partial charge >= 0.3 is 0 Å².